The number of nitrogens with one attached hydrogen (secondary N) is 2. The van der Waals surface area contributed by atoms with E-state index in [4.69, 9.17) is 10.9 Å². The molecule has 0 fully saturated rings. The first-order chi connectivity index (χ1) is 6.93. The highest BCUT2D eigenvalue weighted by atomic mass is 16.4. The number of hydrazine groups is 2. The summed E-state index contributed by atoms with van der Waals surface area (Å²) in [6.45, 7) is 0. The van der Waals surface area contributed by atoms with Crippen LogP contribution < -0.4 is 22.5 Å². The number of carbonyl (C=O) groups is 2. The summed E-state index contributed by atoms with van der Waals surface area (Å²) in [4.78, 5) is 21.4. The van der Waals surface area contributed by atoms with Crippen molar-refractivity contribution >= 4 is 11.8 Å². The first kappa shape index (κ1) is 13.7. The van der Waals surface area contributed by atoms with Crippen LogP contribution in [0.5, 0.6) is 0 Å². The zero-order chi connectivity index (χ0) is 12.0. The number of hydrogen-bond donors (Lipinski definition) is 7. The quantitative estimate of drug-likeness (QED) is 0.139. The van der Waals surface area contributed by atoms with Crippen LogP contribution in [-0.4, -0.2) is 45.4 Å². The highest BCUT2D eigenvalue weighted by Gasteiger charge is 2.30. The highest BCUT2D eigenvalue weighted by Crippen LogP contribution is 2.04. The van der Waals surface area contributed by atoms with Crippen molar-refractivity contribution in [2.24, 2.45) is 11.7 Å². The van der Waals surface area contributed by atoms with Gasteiger partial charge in [0.25, 0.3) is 5.91 Å². The molecule has 0 aromatic carbocycles. The summed E-state index contributed by atoms with van der Waals surface area (Å²) in [6, 6.07) is 0. The smallest absolute Gasteiger partial charge is 0.265 e. The lowest BCUT2D eigenvalue weighted by Crippen LogP contribution is -2.50. The Morgan fingerprint density at radius 1 is 1.13 bits per heavy atom. The Labute approximate surface area is 85.0 Å². The Morgan fingerprint density at radius 2 is 1.67 bits per heavy atom. The predicted molar refractivity (Wildman–Crippen MR) is 47.3 cm³/mol. The largest absolute Gasteiger partial charge is 0.390 e. The van der Waals surface area contributed by atoms with E-state index in [0.29, 0.717) is 0 Å². The van der Waals surface area contributed by atoms with E-state index in [-0.39, 0.29) is 0 Å². The van der Waals surface area contributed by atoms with Crippen LogP contribution in [0.2, 0.25) is 0 Å². The van der Waals surface area contributed by atoms with E-state index in [1.807, 2.05) is 0 Å². The van der Waals surface area contributed by atoms with E-state index in [9.17, 15) is 19.8 Å². The summed E-state index contributed by atoms with van der Waals surface area (Å²) < 4.78 is 0. The molecule has 0 aliphatic heterocycles. The number of nitrogens with two attached hydrogens (primary N) is 2. The maximum atomic E-state index is 10.7. The second-order valence-corrected chi connectivity index (χ2v) is 2.78. The molecule has 0 aliphatic carbocycles. The van der Waals surface area contributed by atoms with Gasteiger partial charge in [-0.05, 0) is 0 Å². The third-order valence-electron chi connectivity index (χ3n) is 1.68. The van der Waals surface area contributed by atoms with Gasteiger partial charge in [0.1, 0.15) is 6.10 Å². The molecule has 0 saturated carbocycles. The fraction of sp³-hybridized carbons (Fsp3) is 0.667. The number of carbonyl (C=O) groups excluding carboxylic acids is 2. The molecule has 2 amide bonds. The molecule has 0 aromatic rings. The molecular formula is C6H14N4O5. The molecule has 0 unspecified atom stereocenters. The third kappa shape index (κ3) is 4.18. The maximum absolute atomic E-state index is 10.7. The summed E-state index contributed by atoms with van der Waals surface area (Å²) in [6.07, 6.45) is -5.92. The molecule has 88 valence electrons. The summed E-state index contributed by atoms with van der Waals surface area (Å²) >= 11 is 0. The number of amides is 2. The van der Waals surface area contributed by atoms with Gasteiger partial charge < -0.3 is 15.3 Å². The molecule has 0 saturated heterocycles. The van der Waals surface area contributed by atoms with Gasteiger partial charge in [-0.25, -0.2) is 11.7 Å². The standard InChI is InChI=1S/C6H14N4O5/c7-9-3(12)1-2(11)4(13)5(14)6(15)10-8/h2,4-5,11,13-14H,1,7-8H2,(H,9,12)(H,10,15)/t2-,4+,5-/m1/s1. The molecule has 15 heavy (non-hydrogen) atoms. The Kier molecular flexibility index (Phi) is 5.74. The van der Waals surface area contributed by atoms with Gasteiger partial charge in [-0.1, -0.05) is 0 Å². The number of rotatable bonds is 5. The summed E-state index contributed by atoms with van der Waals surface area (Å²) in [5.41, 5.74) is 3.30. The van der Waals surface area contributed by atoms with Crippen molar-refractivity contribution in [2.45, 2.75) is 24.7 Å². The molecule has 0 rings (SSSR count). The van der Waals surface area contributed by atoms with E-state index in [1.54, 1.807) is 10.9 Å². The minimum atomic E-state index is -1.92. The lowest BCUT2D eigenvalue weighted by Gasteiger charge is -2.20. The van der Waals surface area contributed by atoms with Crippen LogP contribution in [0.1, 0.15) is 6.42 Å². The van der Waals surface area contributed by atoms with Crippen molar-refractivity contribution in [3.63, 3.8) is 0 Å². The van der Waals surface area contributed by atoms with Crippen molar-refractivity contribution in [1.82, 2.24) is 10.9 Å². The van der Waals surface area contributed by atoms with Crippen LogP contribution in [0, 0.1) is 0 Å². The average Bonchev–Trinajstić information content (AvgIpc) is 2.25. The molecule has 9 nitrogen and oxygen atoms in total. The third-order valence-corrected chi connectivity index (χ3v) is 1.68. The highest BCUT2D eigenvalue weighted by molar-refractivity contribution is 5.81. The first-order valence-electron chi connectivity index (χ1n) is 3.98. The van der Waals surface area contributed by atoms with Crippen LogP contribution in [-0.2, 0) is 9.59 Å². The van der Waals surface area contributed by atoms with Gasteiger partial charge in [0.05, 0.1) is 12.5 Å². The molecule has 9 heteroatoms. The van der Waals surface area contributed by atoms with Gasteiger partial charge in [-0.2, -0.15) is 0 Å². The topological polar surface area (TPSA) is 171 Å². The average molecular weight is 222 g/mol. The van der Waals surface area contributed by atoms with Gasteiger partial charge in [0, 0.05) is 0 Å². The van der Waals surface area contributed by atoms with Gasteiger partial charge >= 0.3 is 0 Å². The monoisotopic (exact) mass is 222 g/mol. The number of aliphatic hydroxyl groups is 3. The summed E-state index contributed by atoms with van der Waals surface area (Å²) in [5.74, 6) is 7.59. The van der Waals surface area contributed by atoms with Gasteiger partial charge in [0.2, 0.25) is 5.91 Å². The van der Waals surface area contributed by atoms with E-state index in [1.165, 1.54) is 0 Å². The van der Waals surface area contributed by atoms with Crippen molar-refractivity contribution in [3.8, 4) is 0 Å². The summed E-state index contributed by atoms with van der Waals surface area (Å²) in [5, 5.41) is 27.5. The molecule has 3 atom stereocenters. The van der Waals surface area contributed by atoms with E-state index in [2.05, 4.69) is 5.84 Å². The van der Waals surface area contributed by atoms with E-state index >= 15 is 0 Å². The van der Waals surface area contributed by atoms with Crippen molar-refractivity contribution in [2.75, 3.05) is 0 Å². The minimum Gasteiger partial charge on any atom is -0.390 e. The van der Waals surface area contributed by atoms with Crippen LogP contribution in [0.15, 0.2) is 0 Å². The molecule has 0 radical (unpaired) electrons. The molecule has 0 heterocycles. The van der Waals surface area contributed by atoms with Crippen molar-refractivity contribution in [3.05, 3.63) is 0 Å². The fourth-order valence-corrected chi connectivity index (χ4v) is 0.821. The first-order valence-corrected chi connectivity index (χ1v) is 3.98. The van der Waals surface area contributed by atoms with E-state index in [0.717, 1.165) is 0 Å². The molecule has 0 aliphatic rings. The van der Waals surface area contributed by atoms with Gasteiger partial charge in [-0.3, -0.25) is 20.4 Å². The normalized spacial score (nSPS) is 16.3. The predicted octanol–water partition coefficient (Wildman–Crippen LogP) is -4.56. The van der Waals surface area contributed by atoms with Crippen molar-refractivity contribution < 1.29 is 24.9 Å². The number of aliphatic hydroxyl groups excluding tert-OH is 3. The van der Waals surface area contributed by atoms with Crippen LogP contribution in [0.25, 0.3) is 0 Å². The Hall–Kier alpha value is -1.26. The molecule has 0 spiro atoms. The summed E-state index contributed by atoms with van der Waals surface area (Å²) in [7, 11) is 0. The molecular weight excluding hydrogens is 208 g/mol. The maximum Gasteiger partial charge on any atom is 0.265 e. The lowest BCUT2D eigenvalue weighted by atomic mass is 10.0. The van der Waals surface area contributed by atoms with Crippen LogP contribution in [0.3, 0.4) is 0 Å². The lowest BCUT2D eigenvalue weighted by molar-refractivity contribution is -0.143. The minimum absolute atomic E-state index is 0.549. The molecule has 0 bridgehead atoms. The Balaban J connectivity index is 4.24. The zero-order valence-electron chi connectivity index (χ0n) is 7.75. The van der Waals surface area contributed by atoms with Crippen molar-refractivity contribution in [1.29, 1.82) is 0 Å². The molecule has 9 N–H and O–H groups in total. The Morgan fingerprint density at radius 3 is 2.07 bits per heavy atom. The second-order valence-electron chi connectivity index (χ2n) is 2.78. The second kappa shape index (κ2) is 6.27. The Bertz CT molecular complexity index is 236. The van der Waals surface area contributed by atoms with Gasteiger partial charge in [0.15, 0.2) is 6.10 Å². The zero-order valence-corrected chi connectivity index (χ0v) is 7.75. The SMILES string of the molecule is NNC(=O)C[C@@H](O)[C@H](O)[C@@H](O)C(=O)NN. The van der Waals surface area contributed by atoms with Crippen LogP contribution in [0.4, 0.5) is 0 Å². The number of hydrogen-bond acceptors (Lipinski definition) is 7. The van der Waals surface area contributed by atoms with Crippen LogP contribution >= 0.6 is 0 Å². The van der Waals surface area contributed by atoms with E-state index < -0.39 is 36.5 Å². The van der Waals surface area contributed by atoms with Gasteiger partial charge in [-0.15, -0.1) is 0 Å². The molecule has 0 aromatic heterocycles. The fourth-order valence-electron chi connectivity index (χ4n) is 0.821.